The first kappa shape index (κ1) is 21.8. The molecule has 2 heteroatoms. The molecule has 0 aromatic heterocycles. The summed E-state index contributed by atoms with van der Waals surface area (Å²) in [5.74, 6) is 5.41. The first-order valence-corrected chi connectivity index (χ1v) is 12.9. The predicted molar refractivity (Wildman–Crippen MR) is 119 cm³/mol. The third-order valence-electron chi connectivity index (χ3n) is 11.0. The number of aliphatic hydroxyl groups is 1. The zero-order chi connectivity index (χ0) is 20.8. The molecule has 166 valence electrons. The Morgan fingerprint density at radius 3 is 2.45 bits per heavy atom. The van der Waals surface area contributed by atoms with Crippen LogP contribution in [0.15, 0.2) is 0 Å². The van der Waals surface area contributed by atoms with Gasteiger partial charge in [0.2, 0.25) is 0 Å². The lowest BCUT2D eigenvalue weighted by atomic mass is 9.44. The highest BCUT2D eigenvalue weighted by Gasteiger charge is 2.60. The van der Waals surface area contributed by atoms with Gasteiger partial charge in [-0.2, -0.15) is 0 Å². The maximum atomic E-state index is 12.3. The third-order valence-corrected chi connectivity index (χ3v) is 11.0. The fraction of sp³-hybridized carbons (Fsp3) is 0.963. The largest absolute Gasteiger partial charge is 0.396 e. The number of carbonyl (C=O) groups is 1. The molecule has 4 fully saturated rings. The summed E-state index contributed by atoms with van der Waals surface area (Å²) in [6.45, 7) is 9.60. The van der Waals surface area contributed by atoms with Crippen molar-refractivity contribution in [2.45, 2.75) is 105 Å². The molecule has 3 unspecified atom stereocenters. The average Bonchev–Trinajstić information content (AvgIpc) is 3.08. The molecule has 0 spiro atoms. The highest BCUT2D eigenvalue weighted by atomic mass is 16.3. The molecular weight excluding hydrogens is 356 g/mol. The van der Waals surface area contributed by atoms with Crippen LogP contribution in [0, 0.1) is 52.3 Å². The van der Waals surface area contributed by atoms with E-state index in [4.69, 9.17) is 0 Å². The Kier molecular flexibility index (Phi) is 6.24. The Morgan fingerprint density at radius 1 is 0.931 bits per heavy atom. The van der Waals surface area contributed by atoms with Gasteiger partial charge in [0.05, 0.1) is 6.61 Å². The third kappa shape index (κ3) is 3.64. The molecule has 4 aliphatic rings. The van der Waals surface area contributed by atoms with Crippen LogP contribution in [-0.2, 0) is 4.79 Å². The van der Waals surface area contributed by atoms with Gasteiger partial charge in [-0.25, -0.2) is 0 Å². The van der Waals surface area contributed by atoms with E-state index in [1.54, 1.807) is 0 Å². The van der Waals surface area contributed by atoms with Gasteiger partial charge in [-0.1, -0.05) is 40.5 Å². The van der Waals surface area contributed by atoms with Crippen LogP contribution in [0.25, 0.3) is 0 Å². The minimum Gasteiger partial charge on any atom is -0.396 e. The van der Waals surface area contributed by atoms with Crippen molar-refractivity contribution < 1.29 is 9.90 Å². The summed E-state index contributed by atoms with van der Waals surface area (Å²) in [4.78, 5) is 12.3. The van der Waals surface area contributed by atoms with Crippen LogP contribution in [0.5, 0.6) is 0 Å². The van der Waals surface area contributed by atoms with Gasteiger partial charge < -0.3 is 5.11 Å². The van der Waals surface area contributed by atoms with Crippen molar-refractivity contribution in [2.75, 3.05) is 6.61 Å². The van der Waals surface area contributed by atoms with Crippen molar-refractivity contribution in [3.63, 3.8) is 0 Å². The molecule has 0 heterocycles. The van der Waals surface area contributed by atoms with E-state index in [0.717, 1.165) is 36.0 Å². The van der Waals surface area contributed by atoms with Gasteiger partial charge in [0.1, 0.15) is 5.78 Å². The Hall–Kier alpha value is -0.370. The van der Waals surface area contributed by atoms with E-state index in [-0.39, 0.29) is 18.3 Å². The van der Waals surface area contributed by atoms with Crippen molar-refractivity contribution in [1.29, 1.82) is 0 Å². The number of ketones is 1. The summed E-state index contributed by atoms with van der Waals surface area (Å²) in [7, 11) is 0. The lowest BCUT2D eigenvalue weighted by Crippen LogP contribution is -2.53. The minimum atomic E-state index is -0.184. The minimum absolute atomic E-state index is 0.000732. The van der Waals surface area contributed by atoms with E-state index in [9.17, 15) is 9.90 Å². The molecule has 4 saturated carbocycles. The SMILES string of the molecule is CC(CO)C(=O)CCC(C)[C@H]1CC[C@H]2[C@@H]3CCC4CCCC[C@]4(C)[C@H]3CC[C@]12C. The summed E-state index contributed by atoms with van der Waals surface area (Å²) in [6, 6.07) is 0. The van der Waals surface area contributed by atoms with Gasteiger partial charge in [-0.05, 0) is 104 Å². The zero-order valence-corrected chi connectivity index (χ0v) is 19.6. The topological polar surface area (TPSA) is 37.3 Å². The maximum Gasteiger partial charge on any atom is 0.137 e. The fourth-order valence-corrected chi connectivity index (χ4v) is 9.19. The van der Waals surface area contributed by atoms with Gasteiger partial charge in [-0.15, -0.1) is 0 Å². The lowest BCUT2D eigenvalue weighted by Gasteiger charge is -2.61. The van der Waals surface area contributed by atoms with E-state index < -0.39 is 0 Å². The molecule has 2 nitrogen and oxygen atoms in total. The molecular formula is C27H46O2. The number of rotatable bonds is 6. The molecule has 0 amide bonds. The van der Waals surface area contributed by atoms with Crippen LogP contribution in [-0.4, -0.2) is 17.5 Å². The van der Waals surface area contributed by atoms with E-state index in [2.05, 4.69) is 20.8 Å². The number of Topliss-reactive ketones (excluding diaryl/α,β-unsaturated/α-hetero) is 1. The van der Waals surface area contributed by atoms with E-state index in [1.165, 1.54) is 64.2 Å². The second kappa shape index (κ2) is 8.29. The van der Waals surface area contributed by atoms with Crippen molar-refractivity contribution in [3.8, 4) is 0 Å². The van der Waals surface area contributed by atoms with Crippen molar-refractivity contribution in [3.05, 3.63) is 0 Å². The van der Waals surface area contributed by atoms with Gasteiger partial charge in [0.25, 0.3) is 0 Å². The lowest BCUT2D eigenvalue weighted by molar-refractivity contribution is -0.124. The molecule has 0 aromatic rings. The maximum absolute atomic E-state index is 12.3. The Morgan fingerprint density at radius 2 is 1.69 bits per heavy atom. The second-order valence-corrected chi connectivity index (χ2v) is 12.2. The zero-order valence-electron chi connectivity index (χ0n) is 19.6. The first-order valence-electron chi connectivity index (χ1n) is 12.9. The first-order chi connectivity index (χ1) is 13.8. The van der Waals surface area contributed by atoms with Gasteiger partial charge in [0.15, 0.2) is 0 Å². The monoisotopic (exact) mass is 402 g/mol. The molecule has 4 aliphatic carbocycles. The summed E-state index contributed by atoms with van der Waals surface area (Å²) >= 11 is 0. The molecule has 4 rings (SSSR count). The Labute approximate surface area is 179 Å². The molecule has 1 N–H and O–H groups in total. The summed E-state index contributed by atoms with van der Waals surface area (Å²) in [6.07, 6.45) is 16.3. The van der Waals surface area contributed by atoms with E-state index in [0.29, 0.717) is 23.2 Å². The van der Waals surface area contributed by atoms with E-state index >= 15 is 0 Å². The van der Waals surface area contributed by atoms with Crippen LogP contribution >= 0.6 is 0 Å². The summed E-state index contributed by atoms with van der Waals surface area (Å²) in [5.41, 5.74) is 1.14. The van der Waals surface area contributed by atoms with Crippen LogP contribution in [0.1, 0.15) is 105 Å². The molecule has 9 atom stereocenters. The smallest absolute Gasteiger partial charge is 0.137 e. The highest BCUT2D eigenvalue weighted by molar-refractivity contribution is 5.80. The second-order valence-electron chi connectivity index (χ2n) is 12.2. The molecule has 0 aliphatic heterocycles. The number of hydrogen-bond donors (Lipinski definition) is 1. The normalized spacial score (nSPS) is 46.3. The standard InChI is InChI=1S/C27H46O2/c1-18(8-13-25(29)19(2)17-28)22-11-12-23-21-10-9-20-7-5-6-15-26(20,3)24(21)14-16-27(22,23)4/h18-24,28H,5-17H2,1-4H3/t18?,19?,20?,21-,22+,23-,24-,26-,27+/m0/s1. The average molecular weight is 403 g/mol. The number of carbonyl (C=O) groups excluding carboxylic acids is 1. The fourth-order valence-electron chi connectivity index (χ4n) is 9.19. The Balaban J connectivity index is 1.44. The molecule has 29 heavy (non-hydrogen) atoms. The van der Waals surface area contributed by atoms with Gasteiger partial charge >= 0.3 is 0 Å². The van der Waals surface area contributed by atoms with Crippen molar-refractivity contribution >= 4 is 5.78 Å². The van der Waals surface area contributed by atoms with Crippen LogP contribution in [0.3, 0.4) is 0 Å². The molecule has 0 bridgehead atoms. The highest BCUT2D eigenvalue weighted by Crippen LogP contribution is 2.68. The van der Waals surface area contributed by atoms with Gasteiger partial charge in [0, 0.05) is 12.3 Å². The van der Waals surface area contributed by atoms with Crippen LogP contribution in [0.2, 0.25) is 0 Å². The van der Waals surface area contributed by atoms with Crippen LogP contribution < -0.4 is 0 Å². The molecule has 0 saturated heterocycles. The van der Waals surface area contributed by atoms with Crippen molar-refractivity contribution in [1.82, 2.24) is 0 Å². The van der Waals surface area contributed by atoms with Gasteiger partial charge in [-0.3, -0.25) is 4.79 Å². The summed E-state index contributed by atoms with van der Waals surface area (Å²) in [5, 5.41) is 9.27. The molecule has 0 aromatic carbocycles. The van der Waals surface area contributed by atoms with E-state index in [1.807, 2.05) is 6.92 Å². The Bertz CT molecular complexity index is 599. The molecule has 0 radical (unpaired) electrons. The number of hydrogen-bond acceptors (Lipinski definition) is 2. The van der Waals surface area contributed by atoms with Crippen LogP contribution in [0.4, 0.5) is 0 Å². The number of fused-ring (bicyclic) bond motifs is 5. The quantitative estimate of drug-likeness (QED) is 0.540. The van der Waals surface area contributed by atoms with Crippen molar-refractivity contribution in [2.24, 2.45) is 52.3 Å². The number of aliphatic hydroxyl groups excluding tert-OH is 1. The predicted octanol–water partition coefficient (Wildman–Crippen LogP) is 6.65. The summed E-state index contributed by atoms with van der Waals surface area (Å²) < 4.78 is 0.